The topological polar surface area (TPSA) is 147 Å². The van der Waals surface area contributed by atoms with Gasteiger partial charge in [0.1, 0.15) is 36.6 Å². The number of nitrogens with zero attached hydrogens (tertiary/aromatic N) is 2. The van der Waals surface area contributed by atoms with Gasteiger partial charge in [0.15, 0.2) is 0 Å². The smallest absolute Gasteiger partial charge is 0.431 e. The third kappa shape index (κ3) is 4.84. The second-order valence-electron chi connectivity index (χ2n) is 9.90. The average Bonchev–Trinajstić information content (AvgIpc) is 3.94. The van der Waals surface area contributed by atoms with Gasteiger partial charge in [0.25, 0.3) is 11.4 Å². The first-order chi connectivity index (χ1) is 20.3. The lowest BCUT2D eigenvalue weighted by Crippen LogP contribution is -2.22. The maximum Gasteiger partial charge on any atom is 0.508 e. The van der Waals surface area contributed by atoms with E-state index in [0.717, 1.165) is 11.1 Å². The minimum absolute atomic E-state index is 0.0402. The van der Waals surface area contributed by atoms with Crippen molar-refractivity contribution in [1.82, 2.24) is 0 Å². The molecule has 0 spiro atoms. The molecule has 11 heteroatoms. The summed E-state index contributed by atoms with van der Waals surface area (Å²) in [6.07, 6.45) is -1.97. The molecule has 2 saturated heterocycles. The van der Waals surface area contributed by atoms with Crippen molar-refractivity contribution in [2.45, 2.75) is 23.4 Å². The number of hydrogen-bond acceptors (Lipinski definition) is 9. The van der Waals surface area contributed by atoms with Crippen LogP contribution >= 0.6 is 0 Å². The van der Waals surface area contributed by atoms with Gasteiger partial charge in [0, 0.05) is 24.3 Å². The average molecular weight is 569 g/mol. The second kappa shape index (κ2) is 10.7. The molecular formula is C31H24N2O9. The molecule has 2 aliphatic heterocycles. The molecule has 0 radical (unpaired) electrons. The largest absolute Gasteiger partial charge is 0.508 e. The number of carbonyl (C=O) groups is 1. The Bertz CT molecular complexity index is 1490. The predicted molar refractivity (Wildman–Crippen MR) is 148 cm³/mol. The fraction of sp³-hybridized carbons (Fsp3) is 0.194. The van der Waals surface area contributed by atoms with Gasteiger partial charge in [-0.1, -0.05) is 60.7 Å². The lowest BCUT2D eigenvalue weighted by molar-refractivity contribution is -0.385. The molecule has 0 aromatic heterocycles. The number of hydrogen-bond donors (Lipinski definition) is 0. The van der Waals surface area contributed by atoms with Crippen LogP contribution in [0.1, 0.15) is 22.3 Å². The summed E-state index contributed by atoms with van der Waals surface area (Å²) in [6, 6.07) is 30.9. The van der Waals surface area contributed by atoms with E-state index in [-0.39, 0.29) is 24.6 Å². The number of carbonyl (C=O) groups excluding carboxylic acids is 1. The molecule has 0 aliphatic carbocycles. The second-order valence-corrected chi connectivity index (χ2v) is 9.90. The molecule has 0 N–H and O–H groups in total. The number of ether oxygens (including phenoxy) is 4. The summed E-state index contributed by atoms with van der Waals surface area (Å²) in [5.74, 6) is 0. The summed E-state index contributed by atoms with van der Waals surface area (Å²) in [5, 5.41) is 22.2. The molecule has 0 amide bonds. The van der Waals surface area contributed by atoms with Crippen molar-refractivity contribution in [3.63, 3.8) is 0 Å². The van der Waals surface area contributed by atoms with Crippen LogP contribution in [0.3, 0.4) is 0 Å². The highest BCUT2D eigenvalue weighted by Crippen LogP contribution is 2.53. The van der Waals surface area contributed by atoms with Crippen LogP contribution in [0.25, 0.3) is 0 Å². The minimum atomic E-state index is -0.922. The third-order valence-corrected chi connectivity index (χ3v) is 7.57. The van der Waals surface area contributed by atoms with Crippen molar-refractivity contribution in [3.8, 4) is 0 Å². The summed E-state index contributed by atoms with van der Waals surface area (Å²) >= 11 is 0. The minimum Gasteiger partial charge on any atom is -0.431 e. The van der Waals surface area contributed by atoms with Crippen molar-refractivity contribution >= 4 is 17.5 Å². The molecule has 6 rings (SSSR count). The summed E-state index contributed by atoms with van der Waals surface area (Å²) < 4.78 is 22.9. The van der Waals surface area contributed by atoms with Crippen molar-refractivity contribution in [3.05, 3.63) is 152 Å². The highest BCUT2D eigenvalue weighted by atomic mass is 16.7. The molecule has 212 valence electrons. The van der Waals surface area contributed by atoms with Gasteiger partial charge in [-0.15, -0.1) is 0 Å². The highest BCUT2D eigenvalue weighted by molar-refractivity contribution is 5.60. The molecule has 2 heterocycles. The van der Waals surface area contributed by atoms with Crippen LogP contribution in [0.2, 0.25) is 0 Å². The van der Waals surface area contributed by atoms with E-state index in [0.29, 0.717) is 11.1 Å². The van der Waals surface area contributed by atoms with E-state index in [1.165, 1.54) is 24.3 Å². The Labute approximate surface area is 239 Å². The van der Waals surface area contributed by atoms with Gasteiger partial charge in [-0.2, -0.15) is 0 Å². The molecule has 4 aromatic rings. The van der Waals surface area contributed by atoms with E-state index in [4.69, 9.17) is 18.9 Å². The molecule has 2 fully saturated rings. The molecular weight excluding hydrogens is 544 g/mol. The van der Waals surface area contributed by atoms with E-state index >= 15 is 0 Å². The number of benzene rings is 4. The van der Waals surface area contributed by atoms with Gasteiger partial charge in [-0.25, -0.2) is 4.79 Å². The SMILES string of the molecule is O=C(OC[C@@H]1O[C@@]1(c1ccccc1)c1ccc([N+](=O)[O-])cc1)OC[C@@H]1O[C@@]1(c1ccccc1)c1ccc([N+](=O)[O-])cc1. The fourth-order valence-corrected chi connectivity index (χ4v) is 5.39. The van der Waals surface area contributed by atoms with Crippen LogP contribution in [0.4, 0.5) is 16.2 Å². The Morgan fingerprint density at radius 2 is 0.929 bits per heavy atom. The monoisotopic (exact) mass is 568 g/mol. The lowest BCUT2D eigenvalue weighted by atomic mass is 9.88. The first kappa shape index (κ1) is 27.1. The van der Waals surface area contributed by atoms with Gasteiger partial charge in [0.2, 0.25) is 0 Å². The van der Waals surface area contributed by atoms with Gasteiger partial charge < -0.3 is 18.9 Å². The predicted octanol–water partition coefficient (Wildman–Crippen LogP) is 5.64. The number of non-ortho nitro benzene ring substituents is 2. The Morgan fingerprint density at radius 1 is 0.595 bits per heavy atom. The Balaban J connectivity index is 1.11. The van der Waals surface area contributed by atoms with Crippen molar-refractivity contribution in [2.24, 2.45) is 0 Å². The van der Waals surface area contributed by atoms with Gasteiger partial charge in [0.05, 0.1) is 9.85 Å². The quantitative estimate of drug-likeness (QED) is 0.103. The molecule has 42 heavy (non-hydrogen) atoms. The fourth-order valence-electron chi connectivity index (χ4n) is 5.39. The van der Waals surface area contributed by atoms with E-state index in [1.807, 2.05) is 60.7 Å². The Morgan fingerprint density at radius 3 is 1.26 bits per heavy atom. The molecule has 4 aromatic carbocycles. The molecule has 11 nitrogen and oxygen atoms in total. The molecule has 0 unspecified atom stereocenters. The van der Waals surface area contributed by atoms with Crippen molar-refractivity contribution in [1.29, 1.82) is 0 Å². The van der Waals surface area contributed by atoms with Crippen LogP contribution < -0.4 is 0 Å². The zero-order valence-corrected chi connectivity index (χ0v) is 22.0. The van der Waals surface area contributed by atoms with Gasteiger partial charge in [-0.3, -0.25) is 20.2 Å². The van der Waals surface area contributed by atoms with Crippen molar-refractivity contribution < 1.29 is 33.6 Å². The summed E-state index contributed by atoms with van der Waals surface area (Å²) in [6.45, 7) is -0.217. The summed E-state index contributed by atoms with van der Waals surface area (Å²) in [7, 11) is 0. The number of nitro benzene ring substituents is 2. The highest BCUT2D eigenvalue weighted by Gasteiger charge is 2.61. The van der Waals surface area contributed by atoms with E-state index in [9.17, 15) is 25.0 Å². The summed E-state index contributed by atoms with van der Waals surface area (Å²) in [5.41, 5.74) is 1.12. The van der Waals surface area contributed by atoms with E-state index in [2.05, 4.69) is 0 Å². The lowest BCUT2D eigenvalue weighted by Gasteiger charge is -2.15. The van der Waals surface area contributed by atoms with Crippen LogP contribution in [-0.2, 0) is 30.1 Å². The zero-order valence-electron chi connectivity index (χ0n) is 22.0. The van der Waals surface area contributed by atoms with Crippen LogP contribution in [0, 0.1) is 20.2 Å². The molecule has 2 aliphatic rings. The first-order valence-corrected chi connectivity index (χ1v) is 13.1. The van der Waals surface area contributed by atoms with Gasteiger partial charge in [-0.05, 0) is 46.5 Å². The normalized spacial score (nSPS) is 23.9. The standard InChI is InChI=1S/C31H24N2O9/c34-29(39-19-27-30(41-27,21-7-3-1-4-8-21)23-11-15-25(16-12-23)32(35)36)40-20-28-31(42-28,22-9-5-2-6-10-22)24-13-17-26(18-14-24)33(37)38/h1-18,27-28H,19-20H2/t27-,28-,30-,31-/m0/s1. The summed E-state index contributed by atoms with van der Waals surface area (Å²) in [4.78, 5) is 33.9. The first-order valence-electron chi connectivity index (χ1n) is 13.1. The van der Waals surface area contributed by atoms with Crippen molar-refractivity contribution in [2.75, 3.05) is 13.2 Å². The Kier molecular flexibility index (Phi) is 6.89. The molecule has 0 saturated carbocycles. The van der Waals surface area contributed by atoms with Crippen LogP contribution in [0.5, 0.6) is 0 Å². The molecule has 4 atom stereocenters. The van der Waals surface area contributed by atoms with Crippen LogP contribution in [-0.4, -0.2) is 41.4 Å². The molecule has 0 bridgehead atoms. The van der Waals surface area contributed by atoms with Crippen LogP contribution in [0.15, 0.2) is 109 Å². The number of epoxide rings is 2. The Hall–Kier alpha value is -5.13. The number of rotatable bonds is 10. The maximum atomic E-state index is 12.6. The van der Waals surface area contributed by atoms with Gasteiger partial charge >= 0.3 is 6.16 Å². The third-order valence-electron chi connectivity index (χ3n) is 7.57. The number of nitro groups is 2. The zero-order chi connectivity index (χ0) is 29.3. The van der Waals surface area contributed by atoms with E-state index in [1.54, 1.807) is 24.3 Å². The maximum absolute atomic E-state index is 12.6. The van der Waals surface area contributed by atoms with E-state index < -0.39 is 39.4 Å².